The molecule has 25 heavy (non-hydrogen) atoms. The van der Waals surface area contributed by atoms with Gasteiger partial charge in [0.15, 0.2) is 0 Å². The minimum atomic E-state index is -0.491. The molecule has 5 atom stereocenters. The number of esters is 1. The number of methoxy groups -OCH3 is 1. The fraction of sp³-hybridized carbons (Fsp3) is 0.895. The minimum Gasteiger partial charge on any atom is -0.464 e. The molecule has 1 heterocycles. The van der Waals surface area contributed by atoms with Gasteiger partial charge in [0.25, 0.3) is 0 Å². The second-order valence-corrected chi connectivity index (χ2v) is 8.67. The highest BCUT2D eigenvalue weighted by molar-refractivity contribution is 7.19. The molecule has 1 saturated carbocycles. The molecular formula is C19H34NO4P. The molecule has 2 aliphatic rings. The van der Waals surface area contributed by atoms with Crippen LogP contribution < -0.4 is 0 Å². The molecule has 1 aliphatic carbocycles. The fourth-order valence-corrected chi connectivity index (χ4v) is 5.21. The van der Waals surface area contributed by atoms with Crippen LogP contribution in [0.1, 0.15) is 59.3 Å². The van der Waals surface area contributed by atoms with E-state index in [0.29, 0.717) is 30.1 Å². The molecule has 2 rings (SSSR count). The molecule has 0 aromatic carbocycles. The van der Waals surface area contributed by atoms with Crippen LogP contribution in [0.3, 0.4) is 0 Å². The zero-order chi connectivity index (χ0) is 18.6. The van der Waals surface area contributed by atoms with Gasteiger partial charge in [0, 0.05) is 6.54 Å². The molecule has 1 amide bonds. The number of carbonyl (C=O) groups excluding carboxylic acids is 2. The summed E-state index contributed by atoms with van der Waals surface area (Å²) in [6, 6.07) is -0.491. The molecule has 1 aliphatic heterocycles. The smallest absolute Gasteiger partial charge is 0.410 e. The summed E-state index contributed by atoms with van der Waals surface area (Å²) in [6.07, 6.45) is 6.07. The van der Waals surface area contributed by atoms with Crippen LogP contribution in [0.15, 0.2) is 0 Å². The van der Waals surface area contributed by atoms with Crippen molar-refractivity contribution in [2.24, 2.45) is 17.8 Å². The zero-order valence-corrected chi connectivity index (χ0v) is 17.3. The molecular weight excluding hydrogens is 337 g/mol. The number of piperidine rings is 1. The maximum atomic E-state index is 12.6. The van der Waals surface area contributed by atoms with Gasteiger partial charge in [0.1, 0.15) is 6.04 Å². The highest BCUT2D eigenvalue weighted by Gasteiger charge is 2.49. The Hall–Kier alpha value is -0.830. The molecule has 0 radical (unpaired) electrons. The fourth-order valence-electron chi connectivity index (χ4n) is 4.91. The van der Waals surface area contributed by atoms with Crippen molar-refractivity contribution in [1.29, 1.82) is 0 Å². The molecule has 0 aromatic heterocycles. The van der Waals surface area contributed by atoms with E-state index in [1.807, 2.05) is 6.92 Å². The van der Waals surface area contributed by atoms with Crippen molar-refractivity contribution in [3.8, 4) is 0 Å². The molecule has 144 valence electrons. The van der Waals surface area contributed by atoms with Gasteiger partial charge in [-0.15, -0.1) is 9.24 Å². The van der Waals surface area contributed by atoms with Crippen LogP contribution in [-0.2, 0) is 14.3 Å². The van der Waals surface area contributed by atoms with E-state index in [0.717, 1.165) is 38.5 Å². The molecule has 0 aromatic rings. The van der Waals surface area contributed by atoms with Gasteiger partial charge >= 0.3 is 12.1 Å². The van der Waals surface area contributed by atoms with E-state index in [9.17, 15) is 9.59 Å². The van der Waals surface area contributed by atoms with Crippen LogP contribution in [0.5, 0.6) is 0 Å². The lowest BCUT2D eigenvalue weighted by atomic mass is 9.64. The van der Waals surface area contributed by atoms with E-state index in [1.165, 1.54) is 7.11 Å². The second kappa shape index (κ2) is 8.70. The van der Waals surface area contributed by atoms with Gasteiger partial charge in [-0.05, 0) is 68.4 Å². The Morgan fingerprint density at radius 2 is 1.84 bits per heavy atom. The first-order valence-corrected chi connectivity index (χ1v) is 10.3. The number of hydrogen-bond donors (Lipinski definition) is 0. The first kappa shape index (κ1) is 20.5. The van der Waals surface area contributed by atoms with Crippen LogP contribution in [-0.4, -0.2) is 48.4 Å². The third-order valence-electron chi connectivity index (χ3n) is 6.59. The van der Waals surface area contributed by atoms with Gasteiger partial charge < -0.3 is 9.47 Å². The Kier molecular flexibility index (Phi) is 7.13. The van der Waals surface area contributed by atoms with Gasteiger partial charge in [-0.3, -0.25) is 4.90 Å². The van der Waals surface area contributed by atoms with Gasteiger partial charge in [0.05, 0.1) is 13.7 Å². The van der Waals surface area contributed by atoms with Crippen molar-refractivity contribution in [3.05, 3.63) is 0 Å². The van der Waals surface area contributed by atoms with Crippen LogP contribution in [0.25, 0.3) is 0 Å². The van der Waals surface area contributed by atoms with Crippen molar-refractivity contribution >= 4 is 21.3 Å². The summed E-state index contributed by atoms with van der Waals surface area (Å²) < 4.78 is 10.2. The lowest BCUT2D eigenvalue weighted by Crippen LogP contribution is -2.57. The van der Waals surface area contributed by atoms with E-state index >= 15 is 0 Å². The first-order chi connectivity index (χ1) is 11.9. The average Bonchev–Trinajstić information content (AvgIpc) is 2.65. The monoisotopic (exact) mass is 371 g/mol. The van der Waals surface area contributed by atoms with E-state index in [2.05, 4.69) is 23.1 Å². The van der Waals surface area contributed by atoms with Crippen molar-refractivity contribution in [2.75, 3.05) is 20.3 Å². The van der Waals surface area contributed by atoms with Gasteiger partial charge in [-0.25, -0.2) is 9.59 Å². The Morgan fingerprint density at radius 3 is 2.40 bits per heavy atom. The number of ether oxygens (including phenoxy) is 2. The molecule has 0 bridgehead atoms. The summed E-state index contributed by atoms with van der Waals surface area (Å²) in [5, 5.41) is 0.296. The van der Waals surface area contributed by atoms with Crippen LogP contribution in [0.4, 0.5) is 4.79 Å². The predicted octanol–water partition coefficient (Wildman–Crippen LogP) is 3.86. The standard InChI is InChI=1S/C19H34NO4P/c1-5-19(25,6-2)14-8-9-15-13(12-14)10-11-20(18(22)23-4)16(15)17(21)24-7-3/h13-16H,5-12,25H2,1-4H3. The van der Waals surface area contributed by atoms with Crippen molar-refractivity contribution in [3.63, 3.8) is 0 Å². The van der Waals surface area contributed by atoms with Crippen molar-refractivity contribution in [1.82, 2.24) is 4.90 Å². The van der Waals surface area contributed by atoms with Gasteiger partial charge in [-0.2, -0.15) is 0 Å². The predicted molar refractivity (Wildman–Crippen MR) is 101 cm³/mol. The number of nitrogens with zero attached hydrogens (tertiary/aromatic N) is 1. The SMILES string of the molecule is CCOC(=O)C1C2CCC(C(P)(CC)CC)CC2CCN1C(=O)OC. The highest BCUT2D eigenvalue weighted by atomic mass is 31.0. The maximum absolute atomic E-state index is 12.6. The van der Waals surface area contributed by atoms with Crippen LogP contribution in [0, 0.1) is 17.8 Å². The first-order valence-electron chi connectivity index (χ1n) is 9.71. The van der Waals surface area contributed by atoms with E-state index in [-0.39, 0.29) is 11.9 Å². The number of hydrogen-bond acceptors (Lipinski definition) is 4. The summed E-state index contributed by atoms with van der Waals surface area (Å²) in [7, 11) is 4.49. The van der Waals surface area contributed by atoms with E-state index < -0.39 is 12.1 Å². The Morgan fingerprint density at radius 1 is 1.16 bits per heavy atom. The largest absolute Gasteiger partial charge is 0.464 e. The number of carbonyl (C=O) groups is 2. The van der Waals surface area contributed by atoms with Crippen molar-refractivity contribution < 1.29 is 19.1 Å². The second-order valence-electron chi connectivity index (χ2n) is 7.52. The summed E-state index contributed by atoms with van der Waals surface area (Å²) in [4.78, 5) is 26.4. The third kappa shape index (κ3) is 4.13. The molecule has 2 fully saturated rings. The molecule has 5 nitrogen and oxygen atoms in total. The topological polar surface area (TPSA) is 55.8 Å². The Balaban J connectivity index is 2.19. The van der Waals surface area contributed by atoms with Gasteiger partial charge in [-0.1, -0.05) is 13.8 Å². The summed E-state index contributed by atoms with van der Waals surface area (Å²) in [6.45, 7) is 7.26. The third-order valence-corrected chi connectivity index (χ3v) is 7.88. The average molecular weight is 371 g/mol. The van der Waals surface area contributed by atoms with Gasteiger partial charge in [0.2, 0.25) is 0 Å². The van der Waals surface area contributed by atoms with E-state index in [1.54, 1.807) is 4.90 Å². The normalized spacial score (nSPS) is 29.7. The number of likely N-dealkylation sites (tertiary alicyclic amines) is 1. The minimum absolute atomic E-state index is 0.186. The van der Waals surface area contributed by atoms with Crippen LogP contribution >= 0.6 is 9.24 Å². The number of fused-ring (bicyclic) bond motifs is 1. The molecule has 0 spiro atoms. The lowest BCUT2D eigenvalue weighted by molar-refractivity contribution is -0.155. The molecule has 0 N–H and O–H groups in total. The Labute approximate surface area is 154 Å². The summed E-state index contributed by atoms with van der Waals surface area (Å²) in [5.74, 6) is 1.06. The molecule has 6 heteroatoms. The van der Waals surface area contributed by atoms with E-state index in [4.69, 9.17) is 9.47 Å². The van der Waals surface area contributed by atoms with Crippen LogP contribution in [0.2, 0.25) is 0 Å². The number of amides is 1. The molecule has 1 saturated heterocycles. The van der Waals surface area contributed by atoms with Crippen molar-refractivity contribution in [2.45, 2.75) is 70.5 Å². The number of rotatable bonds is 5. The quantitative estimate of drug-likeness (QED) is 0.544. The summed E-state index contributed by atoms with van der Waals surface area (Å²) >= 11 is 0. The molecule has 5 unspecified atom stereocenters. The highest BCUT2D eigenvalue weighted by Crippen LogP contribution is 2.50. The summed E-state index contributed by atoms with van der Waals surface area (Å²) in [5.41, 5.74) is 0. The maximum Gasteiger partial charge on any atom is 0.410 e. The lowest BCUT2D eigenvalue weighted by Gasteiger charge is -2.50. The zero-order valence-electron chi connectivity index (χ0n) is 16.1. The Bertz CT molecular complexity index is 480.